The third-order valence-corrected chi connectivity index (χ3v) is 3.38. The summed E-state index contributed by atoms with van der Waals surface area (Å²) < 4.78 is 0.847. The lowest BCUT2D eigenvalue weighted by atomic mass is 10.2. The predicted octanol–water partition coefficient (Wildman–Crippen LogP) is 4.18. The zero-order chi connectivity index (χ0) is 14.5. The van der Waals surface area contributed by atoms with Crippen molar-refractivity contribution in [2.24, 2.45) is 0 Å². The average molecular weight is 355 g/mol. The van der Waals surface area contributed by atoms with Crippen LogP contribution in [0.2, 0.25) is 5.02 Å². The fourth-order valence-electron chi connectivity index (χ4n) is 1.64. The monoisotopic (exact) mass is 353 g/mol. The van der Waals surface area contributed by atoms with Gasteiger partial charge in [-0.1, -0.05) is 27.5 Å². The van der Waals surface area contributed by atoms with Gasteiger partial charge in [-0.2, -0.15) is 0 Å². The van der Waals surface area contributed by atoms with Crippen molar-refractivity contribution in [3.8, 4) is 0 Å². The summed E-state index contributed by atoms with van der Waals surface area (Å²) in [5.74, 6) is 0.437. The smallest absolute Gasteiger partial charge is 0.255 e. The van der Waals surface area contributed by atoms with Crippen molar-refractivity contribution in [2.45, 2.75) is 6.92 Å². The van der Waals surface area contributed by atoms with E-state index in [9.17, 15) is 4.79 Å². The SMILES string of the molecule is CCNc1cc(C(=O)Nc2cc(Br)ccc2Cl)ccn1. The number of halogens is 2. The molecule has 104 valence electrons. The molecule has 0 radical (unpaired) electrons. The number of carbonyl (C=O) groups excluding carboxylic acids is 1. The van der Waals surface area contributed by atoms with Crippen LogP contribution in [0, 0.1) is 0 Å². The van der Waals surface area contributed by atoms with Gasteiger partial charge in [0, 0.05) is 22.8 Å². The Morgan fingerprint density at radius 2 is 2.15 bits per heavy atom. The van der Waals surface area contributed by atoms with Crippen molar-refractivity contribution < 1.29 is 4.79 Å². The number of anilines is 2. The van der Waals surface area contributed by atoms with Crippen LogP contribution in [0.5, 0.6) is 0 Å². The van der Waals surface area contributed by atoms with E-state index in [2.05, 4.69) is 31.5 Å². The van der Waals surface area contributed by atoms with Gasteiger partial charge in [0.05, 0.1) is 10.7 Å². The van der Waals surface area contributed by atoms with Crippen LogP contribution in [0.1, 0.15) is 17.3 Å². The normalized spacial score (nSPS) is 10.2. The van der Waals surface area contributed by atoms with E-state index in [1.165, 1.54) is 0 Å². The lowest BCUT2D eigenvalue weighted by Crippen LogP contribution is -2.13. The van der Waals surface area contributed by atoms with Crippen molar-refractivity contribution in [3.05, 3.63) is 51.6 Å². The minimum absolute atomic E-state index is 0.230. The summed E-state index contributed by atoms with van der Waals surface area (Å²) in [6, 6.07) is 8.64. The molecule has 1 amide bonds. The van der Waals surface area contributed by atoms with Crippen LogP contribution in [-0.4, -0.2) is 17.4 Å². The Bertz CT molecular complexity index is 634. The molecule has 4 nitrogen and oxygen atoms in total. The molecule has 0 unspecified atom stereocenters. The summed E-state index contributed by atoms with van der Waals surface area (Å²) in [6.07, 6.45) is 1.59. The van der Waals surface area contributed by atoms with Gasteiger partial charge in [-0.25, -0.2) is 4.98 Å². The van der Waals surface area contributed by atoms with Crippen molar-refractivity contribution >= 4 is 44.9 Å². The van der Waals surface area contributed by atoms with E-state index >= 15 is 0 Å². The predicted molar refractivity (Wildman–Crippen MR) is 85.5 cm³/mol. The van der Waals surface area contributed by atoms with E-state index in [0.29, 0.717) is 22.1 Å². The van der Waals surface area contributed by atoms with Crippen LogP contribution >= 0.6 is 27.5 Å². The zero-order valence-corrected chi connectivity index (χ0v) is 13.1. The summed E-state index contributed by atoms with van der Waals surface area (Å²) in [4.78, 5) is 16.3. The molecule has 1 heterocycles. The highest BCUT2D eigenvalue weighted by molar-refractivity contribution is 9.10. The first-order valence-corrected chi connectivity index (χ1v) is 7.23. The van der Waals surface area contributed by atoms with Crippen LogP contribution in [0.25, 0.3) is 0 Å². The van der Waals surface area contributed by atoms with Gasteiger partial charge in [0.2, 0.25) is 0 Å². The maximum atomic E-state index is 12.2. The Kier molecular flexibility index (Phi) is 4.98. The standard InChI is InChI=1S/C14H13BrClN3O/c1-2-17-13-7-9(5-6-18-13)14(20)19-12-8-10(15)3-4-11(12)16/h3-8H,2H2,1H3,(H,17,18)(H,19,20). The molecular weight excluding hydrogens is 342 g/mol. The molecule has 0 aliphatic rings. The number of hydrogen-bond donors (Lipinski definition) is 2. The Balaban J connectivity index is 2.19. The van der Waals surface area contributed by atoms with Crippen LogP contribution in [0.4, 0.5) is 11.5 Å². The summed E-state index contributed by atoms with van der Waals surface area (Å²) in [6.45, 7) is 2.71. The van der Waals surface area contributed by atoms with E-state index in [4.69, 9.17) is 11.6 Å². The third kappa shape index (κ3) is 3.71. The molecule has 0 fully saturated rings. The van der Waals surface area contributed by atoms with Crippen LogP contribution < -0.4 is 10.6 Å². The first-order chi connectivity index (χ1) is 9.60. The molecule has 6 heteroatoms. The molecule has 0 saturated heterocycles. The molecular formula is C14H13BrClN3O. The second-order valence-electron chi connectivity index (χ2n) is 4.04. The summed E-state index contributed by atoms with van der Waals surface area (Å²) in [5, 5.41) is 6.33. The topological polar surface area (TPSA) is 54.0 Å². The van der Waals surface area contributed by atoms with Gasteiger partial charge in [-0.15, -0.1) is 0 Å². The molecule has 0 aliphatic carbocycles. The van der Waals surface area contributed by atoms with Gasteiger partial charge < -0.3 is 10.6 Å². The Hall–Kier alpha value is -1.59. The molecule has 0 atom stereocenters. The van der Waals surface area contributed by atoms with E-state index in [-0.39, 0.29) is 5.91 Å². The second-order valence-corrected chi connectivity index (χ2v) is 5.36. The van der Waals surface area contributed by atoms with Gasteiger partial charge in [0.25, 0.3) is 5.91 Å². The maximum Gasteiger partial charge on any atom is 0.255 e. The van der Waals surface area contributed by atoms with Gasteiger partial charge in [0.1, 0.15) is 5.82 Å². The van der Waals surface area contributed by atoms with Gasteiger partial charge >= 0.3 is 0 Å². The molecule has 0 bridgehead atoms. The quantitative estimate of drug-likeness (QED) is 0.866. The number of carbonyl (C=O) groups is 1. The minimum atomic E-state index is -0.230. The molecule has 0 spiro atoms. The molecule has 1 aromatic carbocycles. The first-order valence-electron chi connectivity index (χ1n) is 6.06. The van der Waals surface area contributed by atoms with Crippen molar-refractivity contribution in [1.82, 2.24) is 4.98 Å². The lowest BCUT2D eigenvalue weighted by molar-refractivity contribution is 0.102. The largest absolute Gasteiger partial charge is 0.370 e. The number of aromatic nitrogens is 1. The number of hydrogen-bond acceptors (Lipinski definition) is 3. The summed E-state index contributed by atoms with van der Waals surface area (Å²) >= 11 is 9.39. The van der Waals surface area contributed by atoms with Crippen molar-refractivity contribution in [2.75, 3.05) is 17.2 Å². The van der Waals surface area contributed by atoms with E-state index in [1.54, 1.807) is 30.5 Å². The molecule has 2 rings (SSSR count). The van der Waals surface area contributed by atoms with Crippen molar-refractivity contribution in [1.29, 1.82) is 0 Å². The van der Waals surface area contributed by atoms with Gasteiger partial charge in [0.15, 0.2) is 0 Å². The number of nitrogens with one attached hydrogen (secondary N) is 2. The Morgan fingerprint density at radius 1 is 1.35 bits per heavy atom. The van der Waals surface area contributed by atoms with Crippen LogP contribution in [0.15, 0.2) is 41.0 Å². The molecule has 1 aromatic heterocycles. The van der Waals surface area contributed by atoms with Gasteiger partial charge in [-0.05, 0) is 37.3 Å². The van der Waals surface area contributed by atoms with Crippen molar-refractivity contribution in [3.63, 3.8) is 0 Å². The Morgan fingerprint density at radius 3 is 2.90 bits per heavy atom. The number of pyridine rings is 1. The first kappa shape index (κ1) is 14.8. The zero-order valence-electron chi connectivity index (χ0n) is 10.8. The molecule has 2 N–H and O–H groups in total. The lowest BCUT2D eigenvalue weighted by Gasteiger charge is -2.09. The summed E-state index contributed by atoms with van der Waals surface area (Å²) in [5.41, 5.74) is 1.08. The molecule has 20 heavy (non-hydrogen) atoms. The molecule has 0 aliphatic heterocycles. The number of nitrogens with zero attached hydrogens (tertiary/aromatic N) is 1. The second kappa shape index (κ2) is 6.72. The maximum absolute atomic E-state index is 12.2. The highest BCUT2D eigenvalue weighted by Crippen LogP contribution is 2.26. The minimum Gasteiger partial charge on any atom is -0.370 e. The van der Waals surface area contributed by atoms with Crippen LogP contribution in [0.3, 0.4) is 0 Å². The number of benzene rings is 1. The highest BCUT2D eigenvalue weighted by atomic mass is 79.9. The van der Waals surface area contributed by atoms with Gasteiger partial charge in [-0.3, -0.25) is 4.79 Å². The Labute approximate surface area is 130 Å². The molecule has 0 saturated carbocycles. The fraction of sp³-hybridized carbons (Fsp3) is 0.143. The van der Waals surface area contributed by atoms with E-state index < -0.39 is 0 Å². The van der Waals surface area contributed by atoms with E-state index in [1.807, 2.05) is 13.0 Å². The highest BCUT2D eigenvalue weighted by Gasteiger charge is 2.09. The molecule has 2 aromatic rings. The average Bonchev–Trinajstić information content (AvgIpc) is 2.43. The summed E-state index contributed by atoms with van der Waals surface area (Å²) in [7, 11) is 0. The third-order valence-electron chi connectivity index (χ3n) is 2.56. The number of rotatable bonds is 4. The number of amides is 1. The fourth-order valence-corrected chi connectivity index (χ4v) is 2.16. The van der Waals surface area contributed by atoms with E-state index in [0.717, 1.165) is 11.0 Å². The van der Waals surface area contributed by atoms with Crippen LogP contribution in [-0.2, 0) is 0 Å².